The molecule has 3 aromatic rings. The van der Waals surface area contributed by atoms with Crippen molar-refractivity contribution in [2.75, 3.05) is 11.3 Å². The third kappa shape index (κ3) is 3.74. The molecule has 2 aromatic heterocycles. The van der Waals surface area contributed by atoms with E-state index < -0.39 is 44.1 Å². The number of nitrogens with one attached hydrogen (secondary N) is 2. The number of hydrogen-bond acceptors (Lipinski definition) is 5. The molecule has 1 aromatic carbocycles. The molecule has 12 heteroatoms. The number of halogens is 3. The quantitative estimate of drug-likeness (QED) is 0.436. The van der Waals surface area contributed by atoms with E-state index in [0.29, 0.717) is 23.1 Å². The fraction of sp³-hybridized carbons (Fsp3) is 0.211. The van der Waals surface area contributed by atoms with Gasteiger partial charge in [-0.3, -0.25) is 14.5 Å². The molecule has 4 rings (SSSR count). The second-order valence-corrected chi connectivity index (χ2v) is 9.13. The largest absolute Gasteiger partial charge is 0.346 e. The second kappa shape index (κ2) is 7.57. The van der Waals surface area contributed by atoms with Crippen molar-refractivity contribution in [3.63, 3.8) is 0 Å². The average molecular weight is 468 g/mol. The topological polar surface area (TPSA) is 109 Å². The van der Waals surface area contributed by atoms with Gasteiger partial charge in [-0.25, -0.2) is 13.8 Å². The SMILES string of the molecule is Cc1nc(S(=O)(=O)Nc2ccc(F)c(C(=O)c3c[nH]c4c3=CC(Cl)CN=4)c2F)cn1C. The number of fused-ring (bicyclic) bond motifs is 1. The van der Waals surface area contributed by atoms with Gasteiger partial charge in [-0.1, -0.05) is 6.08 Å². The summed E-state index contributed by atoms with van der Waals surface area (Å²) in [6.45, 7) is 1.90. The van der Waals surface area contributed by atoms with E-state index in [4.69, 9.17) is 11.6 Å². The molecule has 2 N–H and O–H groups in total. The first kappa shape index (κ1) is 21.2. The number of imidazole rings is 1. The number of carbonyl (C=O) groups excluding carboxylic acids is 1. The van der Waals surface area contributed by atoms with E-state index in [2.05, 4.69) is 15.0 Å². The fourth-order valence-electron chi connectivity index (χ4n) is 3.15. The highest BCUT2D eigenvalue weighted by Gasteiger charge is 2.27. The Kier molecular flexibility index (Phi) is 5.18. The average Bonchev–Trinajstić information content (AvgIpc) is 3.27. The molecule has 31 heavy (non-hydrogen) atoms. The number of ketones is 1. The maximum Gasteiger partial charge on any atom is 0.281 e. The number of anilines is 1. The number of rotatable bonds is 5. The smallest absolute Gasteiger partial charge is 0.281 e. The zero-order valence-electron chi connectivity index (χ0n) is 16.3. The number of carbonyl (C=O) groups is 1. The summed E-state index contributed by atoms with van der Waals surface area (Å²) in [7, 11) is -2.67. The molecule has 0 amide bonds. The fourth-order valence-corrected chi connectivity index (χ4v) is 4.45. The van der Waals surface area contributed by atoms with Crippen molar-refractivity contribution in [2.45, 2.75) is 17.3 Å². The summed E-state index contributed by atoms with van der Waals surface area (Å²) in [5.41, 5.74) is -1.13. The number of nitrogens with zero attached hydrogens (tertiary/aromatic N) is 3. The van der Waals surface area contributed by atoms with Crippen molar-refractivity contribution in [3.05, 3.63) is 63.8 Å². The number of aromatic amines is 1. The molecule has 8 nitrogen and oxygen atoms in total. The molecule has 1 atom stereocenters. The summed E-state index contributed by atoms with van der Waals surface area (Å²) >= 11 is 6.05. The van der Waals surface area contributed by atoms with E-state index in [0.717, 1.165) is 12.1 Å². The van der Waals surface area contributed by atoms with Crippen molar-refractivity contribution >= 4 is 39.2 Å². The van der Waals surface area contributed by atoms with Crippen LogP contribution < -0.4 is 15.4 Å². The minimum Gasteiger partial charge on any atom is -0.346 e. The zero-order valence-corrected chi connectivity index (χ0v) is 17.9. The van der Waals surface area contributed by atoms with Crippen molar-refractivity contribution < 1.29 is 22.0 Å². The van der Waals surface area contributed by atoms with Crippen LogP contribution in [0.2, 0.25) is 0 Å². The van der Waals surface area contributed by atoms with Crippen molar-refractivity contribution in [3.8, 4) is 0 Å². The summed E-state index contributed by atoms with van der Waals surface area (Å²) in [6, 6.07) is 1.72. The van der Waals surface area contributed by atoms with Crippen LogP contribution in [-0.2, 0) is 17.1 Å². The van der Waals surface area contributed by atoms with Gasteiger partial charge in [-0.15, -0.1) is 11.6 Å². The van der Waals surface area contributed by atoms with Crippen molar-refractivity contribution in [1.82, 2.24) is 14.5 Å². The molecular formula is C19H16ClF2N5O3S. The van der Waals surface area contributed by atoms with E-state index in [1.807, 2.05) is 4.72 Å². The van der Waals surface area contributed by atoms with Crippen LogP contribution in [0.4, 0.5) is 14.5 Å². The highest BCUT2D eigenvalue weighted by molar-refractivity contribution is 7.92. The Hall–Kier alpha value is -3.05. The third-order valence-electron chi connectivity index (χ3n) is 4.84. The highest BCUT2D eigenvalue weighted by Crippen LogP contribution is 2.25. The lowest BCUT2D eigenvalue weighted by Gasteiger charge is -2.11. The molecule has 0 radical (unpaired) electrons. The Balaban J connectivity index is 1.77. The lowest BCUT2D eigenvalue weighted by atomic mass is 10.0. The highest BCUT2D eigenvalue weighted by atomic mass is 35.5. The predicted molar refractivity (Wildman–Crippen MR) is 109 cm³/mol. The molecular weight excluding hydrogens is 452 g/mol. The van der Waals surface area contributed by atoms with E-state index in [-0.39, 0.29) is 10.6 Å². The van der Waals surface area contributed by atoms with E-state index in [1.165, 1.54) is 17.0 Å². The van der Waals surface area contributed by atoms with Gasteiger partial charge < -0.3 is 9.55 Å². The number of aryl methyl sites for hydroxylation is 2. The minimum absolute atomic E-state index is 0.0257. The van der Waals surface area contributed by atoms with Gasteiger partial charge in [-0.05, 0) is 19.1 Å². The number of sulfonamides is 1. The van der Waals surface area contributed by atoms with Crippen molar-refractivity contribution in [2.24, 2.45) is 12.0 Å². The summed E-state index contributed by atoms with van der Waals surface area (Å²) < 4.78 is 58.3. The lowest BCUT2D eigenvalue weighted by Crippen LogP contribution is -2.33. The number of benzene rings is 1. The molecule has 0 aliphatic carbocycles. The molecule has 3 heterocycles. The molecule has 0 spiro atoms. The number of aromatic nitrogens is 3. The number of alkyl halides is 1. The van der Waals surface area contributed by atoms with Crippen LogP contribution in [0.1, 0.15) is 21.7 Å². The van der Waals surface area contributed by atoms with Crippen molar-refractivity contribution in [1.29, 1.82) is 0 Å². The molecule has 0 bridgehead atoms. The van der Waals surface area contributed by atoms with Gasteiger partial charge in [0.2, 0.25) is 5.78 Å². The van der Waals surface area contributed by atoms with Gasteiger partial charge in [0.1, 0.15) is 17.1 Å². The lowest BCUT2D eigenvalue weighted by molar-refractivity contribution is 0.103. The van der Waals surface area contributed by atoms with Gasteiger partial charge in [0.15, 0.2) is 10.8 Å². The van der Waals surface area contributed by atoms with Gasteiger partial charge in [0.25, 0.3) is 10.0 Å². The molecule has 1 aliphatic rings. The van der Waals surface area contributed by atoms with E-state index in [9.17, 15) is 17.6 Å². The van der Waals surface area contributed by atoms with Gasteiger partial charge in [0.05, 0.1) is 23.2 Å². The molecule has 1 aliphatic heterocycles. The van der Waals surface area contributed by atoms with Crippen LogP contribution in [0.5, 0.6) is 0 Å². The first-order valence-corrected chi connectivity index (χ1v) is 10.9. The van der Waals surface area contributed by atoms with Crippen LogP contribution >= 0.6 is 11.6 Å². The Labute approximate surface area is 180 Å². The van der Waals surface area contributed by atoms with Crippen LogP contribution in [-0.4, -0.2) is 40.7 Å². The Morgan fingerprint density at radius 1 is 1.35 bits per heavy atom. The predicted octanol–water partition coefficient (Wildman–Crippen LogP) is 1.39. The van der Waals surface area contributed by atoms with Gasteiger partial charge in [-0.2, -0.15) is 8.42 Å². The monoisotopic (exact) mass is 467 g/mol. The third-order valence-corrected chi connectivity index (χ3v) is 6.34. The summed E-state index contributed by atoms with van der Waals surface area (Å²) in [4.78, 5) is 23.8. The van der Waals surface area contributed by atoms with E-state index >= 15 is 4.39 Å². The molecule has 0 fully saturated rings. The normalized spacial score (nSPS) is 15.7. The number of hydrogen-bond donors (Lipinski definition) is 2. The molecule has 1 unspecified atom stereocenters. The molecule has 0 saturated carbocycles. The Morgan fingerprint density at radius 3 is 2.77 bits per heavy atom. The first-order valence-electron chi connectivity index (χ1n) is 9.01. The summed E-state index contributed by atoms with van der Waals surface area (Å²) in [5.74, 6) is -3.03. The van der Waals surface area contributed by atoms with Crippen LogP contribution in [0.25, 0.3) is 6.08 Å². The van der Waals surface area contributed by atoms with Crippen LogP contribution in [0, 0.1) is 18.6 Å². The summed E-state index contributed by atoms with van der Waals surface area (Å²) in [5, 5.41) is -0.470. The van der Waals surface area contributed by atoms with Gasteiger partial charge >= 0.3 is 0 Å². The molecule has 162 valence electrons. The Morgan fingerprint density at radius 2 is 2.10 bits per heavy atom. The molecule has 0 saturated heterocycles. The maximum absolute atomic E-state index is 15.1. The van der Waals surface area contributed by atoms with E-state index in [1.54, 1.807) is 20.0 Å². The Bertz CT molecular complexity index is 1430. The van der Waals surface area contributed by atoms with Gasteiger partial charge in [0, 0.05) is 30.2 Å². The van der Waals surface area contributed by atoms with Crippen LogP contribution in [0.15, 0.2) is 34.5 Å². The first-order chi connectivity index (χ1) is 14.6. The second-order valence-electron chi connectivity index (χ2n) is 6.94. The maximum atomic E-state index is 15.1. The minimum atomic E-state index is -4.27. The zero-order chi connectivity index (χ0) is 22.5. The summed E-state index contributed by atoms with van der Waals surface area (Å²) in [6.07, 6.45) is 4.10. The standard InChI is InChI=1S/C19H16ClF2N5O3S/c1-9-25-15(8-27(9)2)31(29,30)26-14-4-3-13(21)16(17(14)22)18(28)12-7-24-19-11(12)5-10(20)6-23-19/h3-5,7-8,10,26H,6H2,1-2H3,(H,23,24). The number of H-pyrrole nitrogens is 1. The van der Waals surface area contributed by atoms with Crippen LogP contribution in [0.3, 0.4) is 0 Å².